The number of terminal acetylenes is 1. The monoisotopic (exact) mass is 203 g/mol. The van der Waals surface area contributed by atoms with E-state index in [2.05, 4.69) is 11.2 Å². The Morgan fingerprint density at radius 1 is 1.46 bits per heavy atom. The van der Waals surface area contributed by atoms with Crippen LogP contribution in [0.2, 0.25) is 0 Å². The molecule has 1 fully saturated rings. The van der Waals surface area contributed by atoms with Crippen molar-refractivity contribution in [3.8, 4) is 12.3 Å². The summed E-state index contributed by atoms with van der Waals surface area (Å²) in [6, 6.07) is 0.663. The van der Waals surface area contributed by atoms with Gasteiger partial charge in [0.05, 0.1) is 0 Å². The molecule has 3 heteroatoms. The summed E-state index contributed by atoms with van der Waals surface area (Å²) in [5.74, 6) is 2.46. The third kappa shape index (κ3) is 5.93. The first kappa shape index (κ1) is 12.8. The van der Waals surface area contributed by atoms with Crippen LogP contribution in [0.15, 0.2) is 0 Å². The lowest BCUT2D eigenvalue weighted by molar-refractivity contribution is 0.150. The summed E-state index contributed by atoms with van der Waals surface area (Å²) in [5, 5.41) is 3.46. The highest BCUT2D eigenvalue weighted by Gasteiger charge is 2.11. The van der Waals surface area contributed by atoms with Crippen molar-refractivity contribution in [2.24, 2.45) is 0 Å². The van der Waals surface area contributed by atoms with Crippen LogP contribution in [-0.4, -0.2) is 25.8 Å². The van der Waals surface area contributed by atoms with Crippen molar-refractivity contribution in [3.05, 3.63) is 0 Å². The molecule has 1 N–H and O–H groups in total. The Kier molecular flexibility index (Phi) is 8.22. The fraction of sp³-hybridized carbons (Fsp3) is 0.800. The first-order chi connectivity index (χ1) is 5.93. The van der Waals surface area contributed by atoms with Gasteiger partial charge in [-0.15, -0.1) is 18.8 Å². The van der Waals surface area contributed by atoms with E-state index in [9.17, 15) is 0 Å². The van der Waals surface area contributed by atoms with Crippen molar-refractivity contribution < 1.29 is 4.74 Å². The number of hydrogen-bond acceptors (Lipinski definition) is 2. The molecule has 13 heavy (non-hydrogen) atoms. The van der Waals surface area contributed by atoms with Gasteiger partial charge >= 0.3 is 0 Å². The molecule has 0 aliphatic carbocycles. The Morgan fingerprint density at radius 2 is 2.31 bits per heavy atom. The van der Waals surface area contributed by atoms with Gasteiger partial charge in [-0.3, -0.25) is 0 Å². The van der Waals surface area contributed by atoms with Crippen molar-refractivity contribution in [3.63, 3.8) is 0 Å². The maximum atomic E-state index is 5.21. The minimum atomic E-state index is 0. The Labute approximate surface area is 86.8 Å². The highest BCUT2D eigenvalue weighted by atomic mass is 35.5. The zero-order valence-corrected chi connectivity index (χ0v) is 8.74. The highest BCUT2D eigenvalue weighted by Crippen LogP contribution is 2.09. The minimum Gasteiger partial charge on any atom is -0.369 e. The van der Waals surface area contributed by atoms with Gasteiger partial charge in [0.25, 0.3) is 0 Å². The second kappa shape index (κ2) is 8.37. The van der Waals surface area contributed by atoms with Crippen molar-refractivity contribution in [1.29, 1.82) is 0 Å². The predicted molar refractivity (Wildman–Crippen MR) is 57.2 cm³/mol. The van der Waals surface area contributed by atoms with E-state index in [4.69, 9.17) is 11.2 Å². The molecule has 76 valence electrons. The van der Waals surface area contributed by atoms with Crippen LogP contribution in [0.4, 0.5) is 0 Å². The number of rotatable bonds is 4. The fourth-order valence-electron chi connectivity index (χ4n) is 1.53. The van der Waals surface area contributed by atoms with Crippen LogP contribution in [0.1, 0.15) is 25.7 Å². The van der Waals surface area contributed by atoms with Gasteiger partial charge in [0, 0.05) is 12.6 Å². The van der Waals surface area contributed by atoms with E-state index in [0.29, 0.717) is 12.6 Å². The van der Waals surface area contributed by atoms with Gasteiger partial charge in [0.15, 0.2) is 0 Å². The first-order valence-electron chi connectivity index (χ1n) is 4.68. The van der Waals surface area contributed by atoms with Gasteiger partial charge in [-0.25, -0.2) is 0 Å². The average molecular weight is 204 g/mol. The molecule has 1 aliphatic rings. The van der Waals surface area contributed by atoms with Crippen molar-refractivity contribution >= 4 is 12.4 Å². The molecule has 1 rings (SSSR count). The molecule has 0 radical (unpaired) electrons. The van der Waals surface area contributed by atoms with E-state index in [0.717, 1.165) is 13.0 Å². The molecule has 0 saturated carbocycles. The summed E-state index contributed by atoms with van der Waals surface area (Å²) in [6.45, 7) is 2.41. The van der Waals surface area contributed by atoms with E-state index in [1.807, 2.05) is 0 Å². The Morgan fingerprint density at radius 3 is 2.92 bits per heavy atom. The van der Waals surface area contributed by atoms with Crippen LogP contribution in [0.5, 0.6) is 0 Å². The van der Waals surface area contributed by atoms with E-state index in [1.165, 1.54) is 25.8 Å². The van der Waals surface area contributed by atoms with E-state index < -0.39 is 0 Å². The lowest BCUT2D eigenvalue weighted by Gasteiger charge is -2.22. The SMILES string of the molecule is C#CCOCCC1CCCCN1.Cl. The van der Waals surface area contributed by atoms with Crippen LogP contribution in [-0.2, 0) is 4.74 Å². The molecule has 1 saturated heterocycles. The molecular formula is C10H18ClNO. The molecule has 1 unspecified atom stereocenters. The van der Waals surface area contributed by atoms with E-state index >= 15 is 0 Å². The lowest BCUT2D eigenvalue weighted by atomic mass is 10.0. The third-order valence-electron chi connectivity index (χ3n) is 2.21. The Balaban J connectivity index is 0.00000144. The number of halogens is 1. The zero-order valence-electron chi connectivity index (χ0n) is 7.92. The van der Waals surface area contributed by atoms with Gasteiger partial charge in [-0.1, -0.05) is 12.3 Å². The number of piperidine rings is 1. The van der Waals surface area contributed by atoms with Gasteiger partial charge in [-0.2, -0.15) is 0 Å². The standard InChI is InChI=1S/C10H17NO.ClH/c1-2-8-12-9-6-10-5-3-4-7-11-10;/h1,10-11H,3-9H2;1H. The summed E-state index contributed by atoms with van der Waals surface area (Å²) < 4.78 is 5.21. The summed E-state index contributed by atoms with van der Waals surface area (Å²) in [5.41, 5.74) is 0. The second-order valence-corrected chi connectivity index (χ2v) is 3.19. The fourth-order valence-corrected chi connectivity index (χ4v) is 1.53. The number of ether oxygens (including phenoxy) is 1. The van der Waals surface area contributed by atoms with Gasteiger partial charge in [-0.05, 0) is 25.8 Å². The molecule has 1 atom stereocenters. The van der Waals surface area contributed by atoms with Crippen molar-refractivity contribution in [1.82, 2.24) is 5.32 Å². The van der Waals surface area contributed by atoms with Gasteiger partial charge < -0.3 is 10.1 Å². The number of hydrogen-bond donors (Lipinski definition) is 1. The topological polar surface area (TPSA) is 21.3 Å². The summed E-state index contributed by atoms with van der Waals surface area (Å²) in [6.07, 6.45) is 10.1. The predicted octanol–water partition coefficient (Wildman–Crippen LogP) is 1.59. The Hall–Kier alpha value is -0.230. The lowest BCUT2D eigenvalue weighted by Crippen LogP contribution is -2.34. The Bertz CT molecular complexity index is 149. The van der Waals surface area contributed by atoms with Crippen molar-refractivity contribution in [2.45, 2.75) is 31.7 Å². The van der Waals surface area contributed by atoms with Gasteiger partial charge in [0.2, 0.25) is 0 Å². The number of nitrogens with one attached hydrogen (secondary N) is 1. The maximum Gasteiger partial charge on any atom is 0.107 e. The smallest absolute Gasteiger partial charge is 0.107 e. The second-order valence-electron chi connectivity index (χ2n) is 3.19. The third-order valence-corrected chi connectivity index (χ3v) is 2.21. The molecule has 0 aromatic heterocycles. The van der Waals surface area contributed by atoms with E-state index in [1.54, 1.807) is 0 Å². The van der Waals surface area contributed by atoms with E-state index in [-0.39, 0.29) is 12.4 Å². The molecule has 0 bridgehead atoms. The normalized spacial score (nSPS) is 21.6. The average Bonchev–Trinajstić information content (AvgIpc) is 2.14. The van der Waals surface area contributed by atoms with Crippen LogP contribution in [0, 0.1) is 12.3 Å². The molecule has 1 heterocycles. The quantitative estimate of drug-likeness (QED) is 0.554. The molecular weight excluding hydrogens is 186 g/mol. The maximum absolute atomic E-state index is 5.21. The van der Waals surface area contributed by atoms with Crippen molar-refractivity contribution in [2.75, 3.05) is 19.8 Å². The van der Waals surface area contributed by atoms with Crippen LogP contribution < -0.4 is 5.32 Å². The largest absolute Gasteiger partial charge is 0.369 e. The molecule has 0 amide bonds. The molecule has 0 spiro atoms. The summed E-state index contributed by atoms with van der Waals surface area (Å²) in [7, 11) is 0. The van der Waals surface area contributed by atoms with Crippen LogP contribution in [0.25, 0.3) is 0 Å². The summed E-state index contributed by atoms with van der Waals surface area (Å²) >= 11 is 0. The first-order valence-corrected chi connectivity index (χ1v) is 4.68. The molecule has 0 aromatic carbocycles. The zero-order chi connectivity index (χ0) is 8.65. The molecule has 2 nitrogen and oxygen atoms in total. The highest BCUT2D eigenvalue weighted by molar-refractivity contribution is 5.85. The summed E-state index contributed by atoms with van der Waals surface area (Å²) in [4.78, 5) is 0. The minimum absolute atomic E-state index is 0. The molecule has 0 aromatic rings. The van der Waals surface area contributed by atoms with Crippen LogP contribution in [0.3, 0.4) is 0 Å². The molecule has 1 aliphatic heterocycles. The van der Waals surface area contributed by atoms with Crippen LogP contribution >= 0.6 is 12.4 Å². The van der Waals surface area contributed by atoms with Gasteiger partial charge in [0.1, 0.15) is 6.61 Å².